The molecule has 0 aliphatic heterocycles. The van der Waals surface area contributed by atoms with E-state index in [1.807, 2.05) is 14.1 Å². The van der Waals surface area contributed by atoms with Crippen molar-refractivity contribution in [3.63, 3.8) is 0 Å². The minimum atomic E-state index is 0. The summed E-state index contributed by atoms with van der Waals surface area (Å²) in [7, 11) is 4.09. The first-order valence-electron chi connectivity index (χ1n) is 5.00. The van der Waals surface area contributed by atoms with Crippen molar-refractivity contribution in [1.82, 2.24) is 4.98 Å². The summed E-state index contributed by atoms with van der Waals surface area (Å²) >= 11 is 0. The molecule has 3 nitrogen and oxygen atoms in total. The topological polar surface area (TPSA) is 23.5 Å². The van der Waals surface area contributed by atoms with Gasteiger partial charge in [0.05, 0.1) is 21.8 Å². The summed E-state index contributed by atoms with van der Waals surface area (Å²) in [5, 5.41) is 2.54. The van der Waals surface area contributed by atoms with E-state index < -0.39 is 0 Å². The molecule has 3 aromatic heterocycles. The SMILES string of the molecule is C[n+]1ccc2[nH]c3cc[n+](C)cc3c2c1.[I-].[I-]. The molecular formula is C12H13I2N3. The van der Waals surface area contributed by atoms with Crippen LogP contribution in [0.25, 0.3) is 21.8 Å². The normalized spacial score (nSPS) is 10.0. The molecule has 0 fully saturated rings. The lowest BCUT2D eigenvalue weighted by molar-refractivity contribution is -0.671. The standard InChI is InChI=1S/C12H12N3.2HI/c1-14-5-3-11-9(7-14)10-8-15(2)6-4-12(10)13-11;;/h3-8H,1-2H3;2*1H/q+1;;/p-1. The lowest BCUT2D eigenvalue weighted by Gasteiger charge is -1.88. The zero-order chi connectivity index (χ0) is 10.4. The first-order chi connectivity index (χ1) is 7.24. The Balaban J connectivity index is 0.000000722. The summed E-state index contributed by atoms with van der Waals surface area (Å²) in [4.78, 5) is 3.41. The average Bonchev–Trinajstić information content (AvgIpc) is 2.56. The van der Waals surface area contributed by atoms with Crippen LogP contribution in [0, 0.1) is 0 Å². The number of hydrogen-bond donors (Lipinski definition) is 1. The van der Waals surface area contributed by atoms with E-state index in [4.69, 9.17) is 0 Å². The van der Waals surface area contributed by atoms with E-state index in [0.29, 0.717) is 0 Å². The van der Waals surface area contributed by atoms with Gasteiger partial charge in [-0.2, -0.15) is 0 Å². The molecule has 3 heterocycles. The Kier molecular flexibility index (Phi) is 4.70. The molecule has 5 heteroatoms. The molecule has 0 atom stereocenters. The highest BCUT2D eigenvalue weighted by Gasteiger charge is 2.09. The molecule has 0 unspecified atom stereocenters. The number of pyridine rings is 2. The summed E-state index contributed by atoms with van der Waals surface area (Å²) < 4.78 is 4.14. The molecule has 0 aliphatic rings. The third-order valence-electron chi connectivity index (χ3n) is 2.76. The van der Waals surface area contributed by atoms with Crippen molar-refractivity contribution >= 4 is 21.8 Å². The van der Waals surface area contributed by atoms with Gasteiger partial charge in [0.15, 0.2) is 24.8 Å². The Morgan fingerprint density at radius 3 is 1.65 bits per heavy atom. The van der Waals surface area contributed by atoms with Gasteiger partial charge in [-0.1, -0.05) is 0 Å². The van der Waals surface area contributed by atoms with Gasteiger partial charge in [0.1, 0.15) is 14.1 Å². The fourth-order valence-corrected chi connectivity index (χ4v) is 1.99. The van der Waals surface area contributed by atoms with E-state index in [-0.39, 0.29) is 48.0 Å². The minimum absolute atomic E-state index is 0. The molecule has 3 aromatic rings. The average molecular weight is 453 g/mol. The quantitative estimate of drug-likeness (QED) is 0.261. The smallest absolute Gasteiger partial charge is 0.178 e. The number of halogens is 2. The molecular weight excluding hydrogens is 440 g/mol. The van der Waals surface area contributed by atoms with Crippen molar-refractivity contribution in [3.05, 3.63) is 36.9 Å². The van der Waals surface area contributed by atoms with Crippen LogP contribution < -0.4 is 57.1 Å². The maximum atomic E-state index is 3.41. The number of aromatic amines is 1. The molecule has 17 heavy (non-hydrogen) atoms. The first kappa shape index (κ1) is 14.6. The van der Waals surface area contributed by atoms with Crippen LogP contribution in [0.4, 0.5) is 0 Å². The Labute approximate surface area is 134 Å². The van der Waals surface area contributed by atoms with Crippen molar-refractivity contribution in [3.8, 4) is 0 Å². The summed E-state index contributed by atoms with van der Waals surface area (Å²) in [6.07, 6.45) is 8.40. The number of fused-ring (bicyclic) bond motifs is 3. The lowest BCUT2D eigenvalue weighted by Crippen LogP contribution is -3.00. The van der Waals surface area contributed by atoms with E-state index in [2.05, 4.69) is 51.0 Å². The second-order valence-corrected chi connectivity index (χ2v) is 4.00. The molecule has 0 bridgehead atoms. The van der Waals surface area contributed by atoms with Crippen molar-refractivity contribution in [2.45, 2.75) is 0 Å². The zero-order valence-corrected chi connectivity index (χ0v) is 13.9. The number of hydrogen-bond acceptors (Lipinski definition) is 0. The molecule has 0 aromatic carbocycles. The number of nitrogens with zero attached hydrogens (tertiary/aromatic N) is 2. The largest absolute Gasteiger partial charge is 1.00 e. The zero-order valence-electron chi connectivity index (χ0n) is 9.61. The number of rotatable bonds is 0. The highest BCUT2D eigenvalue weighted by molar-refractivity contribution is 6.05. The lowest BCUT2D eigenvalue weighted by atomic mass is 10.2. The van der Waals surface area contributed by atoms with Crippen molar-refractivity contribution in [1.29, 1.82) is 0 Å². The van der Waals surface area contributed by atoms with Gasteiger partial charge in [0.25, 0.3) is 0 Å². The summed E-state index contributed by atoms with van der Waals surface area (Å²) in [5.41, 5.74) is 2.38. The molecule has 1 N–H and O–H groups in total. The van der Waals surface area contributed by atoms with Crippen molar-refractivity contribution < 1.29 is 57.1 Å². The van der Waals surface area contributed by atoms with Gasteiger partial charge in [0.2, 0.25) is 0 Å². The Morgan fingerprint density at radius 1 is 0.824 bits per heavy atom. The van der Waals surface area contributed by atoms with Crippen LogP contribution in [0.5, 0.6) is 0 Å². The maximum absolute atomic E-state index is 3.41. The van der Waals surface area contributed by atoms with Crippen LogP contribution in [0.3, 0.4) is 0 Å². The second kappa shape index (κ2) is 5.47. The van der Waals surface area contributed by atoms with Gasteiger partial charge in [-0.25, -0.2) is 9.13 Å². The summed E-state index contributed by atoms with van der Waals surface area (Å²) in [6, 6.07) is 4.21. The summed E-state index contributed by atoms with van der Waals surface area (Å²) in [5.74, 6) is 0. The fourth-order valence-electron chi connectivity index (χ4n) is 1.99. The molecule has 0 amide bonds. The predicted octanol–water partition coefficient (Wildman–Crippen LogP) is -5.02. The molecule has 0 spiro atoms. The van der Waals surface area contributed by atoms with Gasteiger partial charge in [-0.3, -0.25) is 0 Å². The van der Waals surface area contributed by atoms with Crippen LogP contribution in [-0.2, 0) is 14.1 Å². The number of aryl methyl sites for hydroxylation is 2. The van der Waals surface area contributed by atoms with E-state index in [9.17, 15) is 0 Å². The maximum Gasteiger partial charge on any atom is 0.178 e. The highest BCUT2D eigenvalue weighted by atomic mass is 127. The minimum Gasteiger partial charge on any atom is -1.00 e. The molecule has 0 radical (unpaired) electrons. The van der Waals surface area contributed by atoms with Crippen LogP contribution in [-0.4, -0.2) is 4.98 Å². The molecule has 0 aliphatic carbocycles. The van der Waals surface area contributed by atoms with Gasteiger partial charge in [-0.05, 0) is 0 Å². The second-order valence-electron chi connectivity index (χ2n) is 4.00. The van der Waals surface area contributed by atoms with Crippen molar-refractivity contribution in [2.24, 2.45) is 14.1 Å². The van der Waals surface area contributed by atoms with E-state index >= 15 is 0 Å². The molecule has 0 saturated carbocycles. The number of H-pyrrole nitrogens is 1. The van der Waals surface area contributed by atoms with Gasteiger partial charge < -0.3 is 52.9 Å². The highest BCUT2D eigenvalue weighted by Crippen LogP contribution is 2.21. The third kappa shape index (κ3) is 2.54. The van der Waals surface area contributed by atoms with Gasteiger partial charge in [0, 0.05) is 12.1 Å². The monoisotopic (exact) mass is 453 g/mol. The van der Waals surface area contributed by atoms with Crippen LogP contribution in [0.1, 0.15) is 0 Å². The van der Waals surface area contributed by atoms with Crippen molar-refractivity contribution in [2.75, 3.05) is 0 Å². The number of aromatic nitrogens is 3. The van der Waals surface area contributed by atoms with Gasteiger partial charge >= 0.3 is 0 Å². The summed E-state index contributed by atoms with van der Waals surface area (Å²) in [6.45, 7) is 0. The Morgan fingerprint density at radius 2 is 1.24 bits per heavy atom. The Bertz CT molecular complexity index is 605. The van der Waals surface area contributed by atoms with Crippen LogP contribution in [0.2, 0.25) is 0 Å². The van der Waals surface area contributed by atoms with E-state index in [0.717, 1.165) is 0 Å². The van der Waals surface area contributed by atoms with E-state index in [1.165, 1.54) is 21.8 Å². The fraction of sp³-hybridized carbons (Fsp3) is 0.167. The predicted molar refractivity (Wildman–Crippen MR) is 58.2 cm³/mol. The van der Waals surface area contributed by atoms with Crippen LogP contribution >= 0.6 is 0 Å². The Hall–Kier alpha value is -0.440. The molecule has 0 saturated heterocycles. The number of nitrogens with one attached hydrogen (secondary N) is 1. The van der Waals surface area contributed by atoms with Gasteiger partial charge in [-0.15, -0.1) is 0 Å². The third-order valence-corrected chi connectivity index (χ3v) is 2.76. The molecule has 90 valence electrons. The first-order valence-corrected chi connectivity index (χ1v) is 5.00. The molecule has 3 rings (SSSR count). The van der Waals surface area contributed by atoms with Crippen LogP contribution in [0.15, 0.2) is 36.9 Å². The van der Waals surface area contributed by atoms with E-state index in [1.54, 1.807) is 0 Å².